The van der Waals surface area contributed by atoms with Gasteiger partial charge in [-0.05, 0) is 56.2 Å². The molecule has 0 spiro atoms. The summed E-state index contributed by atoms with van der Waals surface area (Å²) in [5.74, 6) is -0.100. The molecule has 0 saturated carbocycles. The fourth-order valence-corrected chi connectivity index (χ4v) is 2.46. The lowest BCUT2D eigenvalue weighted by Crippen LogP contribution is -2.26. The predicted octanol–water partition coefficient (Wildman–Crippen LogP) is 5.26. The van der Waals surface area contributed by atoms with Crippen LogP contribution >= 0.6 is 0 Å². The molecular formula is C25H26O6. The molecule has 0 heterocycles. The van der Waals surface area contributed by atoms with E-state index in [-0.39, 0.29) is 23.7 Å². The van der Waals surface area contributed by atoms with Gasteiger partial charge in [0.15, 0.2) is 23.1 Å². The maximum absolute atomic E-state index is 12.1. The second-order valence-electron chi connectivity index (χ2n) is 7.66. The molecule has 2 rings (SSSR count). The Morgan fingerprint density at radius 1 is 0.839 bits per heavy atom. The van der Waals surface area contributed by atoms with E-state index in [1.807, 2.05) is 30.3 Å². The van der Waals surface area contributed by atoms with Crippen LogP contribution in [-0.2, 0) is 14.3 Å². The Kier molecular flexibility index (Phi) is 8.32. The summed E-state index contributed by atoms with van der Waals surface area (Å²) >= 11 is 0. The van der Waals surface area contributed by atoms with Crippen LogP contribution in [0, 0.1) is 0 Å². The maximum atomic E-state index is 12.1. The molecule has 0 aliphatic carbocycles. The van der Waals surface area contributed by atoms with Crippen molar-refractivity contribution >= 4 is 29.9 Å². The monoisotopic (exact) mass is 422 g/mol. The molecular weight excluding hydrogens is 396 g/mol. The van der Waals surface area contributed by atoms with Gasteiger partial charge in [-0.2, -0.15) is 0 Å². The highest BCUT2D eigenvalue weighted by Gasteiger charge is 2.19. The van der Waals surface area contributed by atoms with E-state index in [1.54, 1.807) is 51.1 Å². The molecule has 0 amide bonds. The first-order valence-electron chi connectivity index (χ1n) is 9.72. The quantitative estimate of drug-likeness (QED) is 0.250. The number of ketones is 2. The Bertz CT molecular complexity index is 981. The van der Waals surface area contributed by atoms with Gasteiger partial charge in [0.05, 0.1) is 13.5 Å². The lowest BCUT2D eigenvalue weighted by Gasteiger charge is -2.19. The van der Waals surface area contributed by atoms with Crippen LogP contribution in [0.5, 0.6) is 11.5 Å². The van der Waals surface area contributed by atoms with E-state index < -0.39 is 11.8 Å². The second-order valence-corrected chi connectivity index (χ2v) is 7.66. The third-order valence-corrected chi connectivity index (χ3v) is 3.84. The molecule has 0 aliphatic heterocycles. The SMILES string of the molecule is COc1cc(/C=C/C(=O)CC(=O)/C=C/c2ccccc2)ccc1OC(=O)OC(C)(C)C. The molecule has 162 valence electrons. The number of ether oxygens (including phenoxy) is 3. The van der Waals surface area contributed by atoms with E-state index in [2.05, 4.69) is 0 Å². The summed E-state index contributed by atoms with van der Waals surface area (Å²) in [6.07, 6.45) is 4.90. The van der Waals surface area contributed by atoms with Gasteiger partial charge < -0.3 is 14.2 Å². The summed E-state index contributed by atoms with van der Waals surface area (Å²) in [4.78, 5) is 35.9. The van der Waals surface area contributed by atoms with Crippen molar-refractivity contribution in [3.63, 3.8) is 0 Å². The summed E-state index contributed by atoms with van der Waals surface area (Å²) in [6, 6.07) is 14.2. The summed E-state index contributed by atoms with van der Waals surface area (Å²) in [5, 5.41) is 0. The minimum Gasteiger partial charge on any atom is -0.493 e. The molecule has 6 heteroatoms. The largest absolute Gasteiger partial charge is 0.514 e. The molecule has 0 radical (unpaired) electrons. The Hall–Kier alpha value is -3.67. The van der Waals surface area contributed by atoms with Gasteiger partial charge in [-0.3, -0.25) is 9.59 Å². The summed E-state index contributed by atoms with van der Waals surface area (Å²) in [7, 11) is 1.44. The number of hydrogen-bond acceptors (Lipinski definition) is 6. The molecule has 0 atom stereocenters. The van der Waals surface area contributed by atoms with Crippen molar-refractivity contribution in [2.45, 2.75) is 32.8 Å². The predicted molar refractivity (Wildman–Crippen MR) is 119 cm³/mol. The lowest BCUT2D eigenvalue weighted by atomic mass is 10.1. The molecule has 2 aromatic rings. The van der Waals surface area contributed by atoms with E-state index in [0.717, 1.165) is 5.56 Å². The summed E-state index contributed by atoms with van der Waals surface area (Å²) < 4.78 is 15.5. The fourth-order valence-electron chi connectivity index (χ4n) is 2.46. The number of hydrogen-bond donors (Lipinski definition) is 0. The van der Waals surface area contributed by atoms with Crippen molar-refractivity contribution in [3.05, 3.63) is 71.8 Å². The smallest absolute Gasteiger partial charge is 0.493 e. The van der Waals surface area contributed by atoms with Gasteiger partial charge in [-0.1, -0.05) is 48.6 Å². The molecule has 6 nitrogen and oxygen atoms in total. The highest BCUT2D eigenvalue weighted by Crippen LogP contribution is 2.29. The molecule has 0 aliphatic rings. The second kappa shape index (κ2) is 10.9. The fraction of sp³-hybridized carbons (Fsp3) is 0.240. The number of carbonyl (C=O) groups excluding carboxylic acids is 3. The average Bonchev–Trinajstić information content (AvgIpc) is 2.71. The van der Waals surface area contributed by atoms with E-state index in [9.17, 15) is 14.4 Å². The molecule has 0 N–H and O–H groups in total. The highest BCUT2D eigenvalue weighted by molar-refractivity contribution is 6.10. The van der Waals surface area contributed by atoms with Crippen LogP contribution in [0.25, 0.3) is 12.2 Å². The van der Waals surface area contributed by atoms with Crippen molar-refractivity contribution in [1.29, 1.82) is 0 Å². The summed E-state index contributed by atoms with van der Waals surface area (Å²) in [6.45, 7) is 5.20. The Balaban J connectivity index is 1.97. The van der Waals surface area contributed by atoms with Gasteiger partial charge in [0.2, 0.25) is 0 Å². The zero-order chi connectivity index (χ0) is 22.9. The zero-order valence-corrected chi connectivity index (χ0v) is 18.1. The number of carbonyl (C=O) groups is 3. The van der Waals surface area contributed by atoms with E-state index in [1.165, 1.54) is 19.3 Å². The van der Waals surface area contributed by atoms with Crippen molar-refractivity contribution < 1.29 is 28.6 Å². The first-order valence-corrected chi connectivity index (χ1v) is 9.72. The molecule has 0 unspecified atom stereocenters. The third kappa shape index (κ3) is 8.70. The Morgan fingerprint density at radius 3 is 2.03 bits per heavy atom. The van der Waals surface area contributed by atoms with Crippen LogP contribution in [0.1, 0.15) is 38.3 Å². The van der Waals surface area contributed by atoms with Crippen LogP contribution < -0.4 is 9.47 Å². The number of methoxy groups -OCH3 is 1. The molecule has 0 aromatic heterocycles. The van der Waals surface area contributed by atoms with Crippen LogP contribution in [0.3, 0.4) is 0 Å². The van der Waals surface area contributed by atoms with Gasteiger partial charge in [-0.25, -0.2) is 4.79 Å². The molecule has 0 bridgehead atoms. The molecule has 0 fully saturated rings. The van der Waals surface area contributed by atoms with Gasteiger partial charge >= 0.3 is 6.16 Å². The Morgan fingerprint density at radius 2 is 1.45 bits per heavy atom. The molecule has 31 heavy (non-hydrogen) atoms. The molecule has 2 aromatic carbocycles. The minimum absolute atomic E-state index is 0.196. The van der Waals surface area contributed by atoms with Crippen LogP contribution in [0.2, 0.25) is 0 Å². The van der Waals surface area contributed by atoms with Crippen LogP contribution in [0.4, 0.5) is 4.79 Å². The number of benzene rings is 2. The standard InChI is InChI=1S/C25H26O6/c1-25(2,3)31-24(28)30-22-15-12-19(16-23(22)29-4)11-14-21(27)17-20(26)13-10-18-8-6-5-7-9-18/h5-16H,17H2,1-4H3/b13-10+,14-11+. The lowest BCUT2D eigenvalue weighted by molar-refractivity contribution is -0.121. The van der Waals surface area contributed by atoms with E-state index in [0.29, 0.717) is 11.3 Å². The third-order valence-electron chi connectivity index (χ3n) is 3.84. The van der Waals surface area contributed by atoms with Gasteiger partial charge in [0.25, 0.3) is 0 Å². The van der Waals surface area contributed by atoms with Crippen LogP contribution in [0.15, 0.2) is 60.7 Å². The van der Waals surface area contributed by atoms with Crippen molar-refractivity contribution in [1.82, 2.24) is 0 Å². The topological polar surface area (TPSA) is 78.9 Å². The van der Waals surface area contributed by atoms with Crippen LogP contribution in [-0.4, -0.2) is 30.4 Å². The van der Waals surface area contributed by atoms with Gasteiger partial charge in [0, 0.05) is 0 Å². The zero-order valence-electron chi connectivity index (χ0n) is 18.1. The first kappa shape index (κ1) is 23.6. The maximum Gasteiger partial charge on any atom is 0.514 e. The Labute approximate surface area is 182 Å². The van der Waals surface area contributed by atoms with Crippen molar-refractivity contribution in [2.24, 2.45) is 0 Å². The minimum atomic E-state index is -0.841. The molecule has 0 saturated heterocycles. The van der Waals surface area contributed by atoms with Crippen molar-refractivity contribution in [2.75, 3.05) is 7.11 Å². The van der Waals surface area contributed by atoms with Gasteiger partial charge in [-0.15, -0.1) is 0 Å². The van der Waals surface area contributed by atoms with E-state index in [4.69, 9.17) is 14.2 Å². The first-order chi connectivity index (χ1) is 14.7. The number of allylic oxidation sites excluding steroid dienone is 2. The van der Waals surface area contributed by atoms with Crippen molar-refractivity contribution in [3.8, 4) is 11.5 Å². The normalized spacial score (nSPS) is 11.5. The number of rotatable bonds is 8. The van der Waals surface area contributed by atoms with Gasteiger partial charge in [0.1, 0.15) is 5.60 Å². The summed E-state index contributed by atoms with van der Waals surface area (Å²) in [5.41, 5.74) is 0.856. The highest BCUT2D eigenvalue weighted by atomic mass is 16.7. The van der Waals surface area contributed by atoms with E-state index >= 15 is 0 Å². The average molecular weight is 422 g/mol.